The van der Waals surface area contributed by atoms with Crippen molar-refractivity contribution in [3.05, 3.63) is 28.0 Å². The van der Waals surface area contributed by atoms with Crippen LogP contribution in [0.4, 0.5) is 14.9 Å². The molecule has 1 aliphatic rings. The van der Waals surface area contributed by atoms with Crippen molar-refractivity contribution in [3.63, 3.8) is 0 Å². The van der Waals surface area contributed by atoms with Crippen LogP contribution in [0.5, 0.6) is 0 Å². The van der Waals surface area contributed by atoms with E-state index in [4.69, 9.17) is 4.74 Å². The second kappa shape index (κ2) is 6.24. The molecule has 0 radical (unpaired) electrons. The number of carbonyl (C=O) groups is 2. The van der Waals surface area contributed by atoms with Gasteiger partial charge < -0.3 is 15.4 Å². The Bertz CT molecular complexity index is 614. The van der Waals surface area contributed by atoms with Gasteiger partial charge in [0.2, 0.25) is 5.91 Å². The molecule has 1 aliphatic heterocycles. The van der Waals surface area contributed by atoms with Gasteiger partial charge in [-0.15, -0.1) is 0 Å². The highest BCUT2D eigenvalue weighted by molar-refractivity contribution is 9.10. The molecule has 22 heavy (non-hydrogen) atoms. The van der Waals surface area contributed by atoms with E-state index in [1.165, 1.54) is 6.07 Å². The van der Waals surface area contributed by atoms with Gasteiger partial charge in [0.05, 0.1) is 0 Å². The number of alkyl carbamates (subject to hydrolysis) is 1. The van der Waals surface area contributed by atoms with Crippen molar-refractivity contribution in [2.75, 3.05) is 5.32 Å². The van der Waals surface area contributed by atoms with Gasteiger partial charge in [-0.05, 0) is 45.7 Å². The van der Waals surface area contributed by atoms with Gasteiger partial charge in [-0.1, -0.05) is 15.9 Å². The lowest BCUT2D eigenvalue weighted by molar-refractivity contribution is -0.118. The Morgan fingerprint density at radius 3 is 2.77 bits per heavy atom. The number of benzene rings is 1. The van der Waals surface area contributed by atoms with Crippen LogP contribution in [0.3, 0.4) is 0 Å². The first-order chi connectivity index (χ1) is 10.2. The molecule has 0 aromatic heterocycles. The van der Waals surface area contributed by atoms with E-state index in [-0.39, 0.29) is 11.7 Å². The zero-order valence-corrected chi connectivity index (χ0v) is 14.2. The Morgan fingerprint density at radius 2 is 2.14 bits per heavy atom. The van der Waals surface area contributed by atoms with Crippen LogP contribution < -0.4 is 10.6 Å². The molecule has 0 aliphatic carbocycles. The van der Waals surface area contributed by atoms with Crippen molar-refractivity contribution < 1.29 is 18.7 Å². The van der Waals surface area contributed by atoms with E-state index in [9.17, 15) is 14.0 Å². The highest BCUT2D eigenvalue weighted by atomic mass is 79.9. The summed E-state index contributed by atoms with van der Waals surface area (Å²) in [5.74, 6) is -0.773. The summed E-state index contributed by atoms with van der Waals surface area (Å²) in [6, 6.07) is 2.24. The van der Waals surface area contributed by atoms with Crippen LogP contribution in [0.25, 0.3) is 0 Å². The first-order valence-electron chi connectivity index (χ1n) is 6.94. The van der Waals surface area contributed by atoms with Gasteiger partial charge in [-0.25, -0.2) is 9.18 Å². The monoisotopic (exact) mass is 372 g/mol. The lowest BCUT2D eigenvalue weighted by Gasteiger charge is -2.22. The maximum absolute atomic E-state index is 14.0. The first-order valence-corrected chi connectivity index (χ1v) is 7.73. The third-order valence-corrected chi connectivity index (χ3v) is 3.57. The highest BCUT2D eigenvalue weighted by Crippen LogP contribution is 2.28. The smallest absolute Gasteiger partial charge is 0.408 e. The van der Waals surface area contributed by atoms with Gasteiger partial charge in [-0.2, -0.15) is 0 Å². The molecular weight excluding hydrogens is 355 g/mol. The van der Waals surface area contributed by atoms with Gasteiger partial charge in [0.15, 0.2) is 0 Å². The summed E-state index contributed by atoms with van der Waals surface area (Å²) < 4.78 is 19.6. The molecular formula is C15H18BrFN2O3. The average Bonchev–Trinajstić information content (AvgIpc) is 2.47. The van der Waals surface area contributed by atoms with Crippen LogP contribution in [0, 0.1) is 5.82 Å². The lowest BCUT2D eigenvalue weighted by Crippen LogP contribution is -2.45. The molecule has 1 atom stereocenters. The molecule has 1 heterocycles. The zero-order valence-electron chi connectivity index (χ0n) is 12.6. The SMILES string of the molecule is CC(C)(C)OC(=O)N[C@H]1CCc2c(F)cc(Br)cc2NC1=O. The number of carbonyl (C=O) groups excluding carboxylic acids is 2. The van der Waals surface area contributed by atoms with Crippen molar-refractivity contribution in [2.45, 2.75) is 45.3 Å². The molecule has 0 bridgehead atoms. The number of fused-ring (bicyclic) bond motifs is 1. The van der Waals surface area contributed by atoms with Crippen LogP contribution >= 0.6 is 15.9 Å². The van der Waals surface area contributed by atoms with E-state index < -0.39 is 17.7 Å². The number of amides is 2. The molecule has 7 heteroatoms. The number of anilines is 1. The van der Waals surface area contributed by atoms with Crippen LogP contribution in [0.15, 0.2) is 16.6 Å². The number of nitrogens with one attached hydrogen (secondary N) is 2. The van der Waals surface area contributed by atoms with Crippen molar-refractivity contribution in [1.82, 2.24) is 5.32 Å². The summed E-state index contributed by atoms with van der Waals surface area (Å²) in [7, 11) is 0. The number of hydrogen-bond donors (Lipinski definition) is 2. The van der Waals surface area contributed by atoms with Gasteiger partial charge in [0.25, 0.3) is 0 Å². The van der Waals surface area contributed by atoms with E-state index >= 15 is 0 Å². The second-order valence-electron chi connectivity index (χ2n) is 6.14. The lowest BCUT2D eigenvalue weighted by atomic mass is 10.1. The summed E-state index contributed by atoms with van der Waals surface area (Å²) in [5, 5.41) is 5.17. The van der Waals surface area contributed by atoms with Gasteiger partial charge in [0, 0.05) is 15.7 Å². The minimum Gasteiger partial charge on any atom is -0.444 e. The Morgan fingerprint density at radius 1 is 1.45 bits per heavy atom. The van der Waals surface area contributed by atoms with E-state index in [1.807, 2.05) is 0 Å². The van der Waals surface area contributed by atoms with Crippen molar-refractivity contribution >= 4 is 33.6 Å². The van der Waals surface area contributed by atoms with E-state index in [0.29, 0.717) is 28.6 Å². The summed E-state index contributed by atoms with van der Waals surface area (Å²) in [5.41, 5.74) is 0.209. The molecule has 2 amide bonds. The average molecular weight is 373 g/mol. The fraction of sp³-hybridized carbons (Fsp3) is 0.467. The maximum atomic E-state index is 14.0. The quantitative estimate of drug-likeness (QED) is 0.793. The topological polar surface area (TPSA) is 67.4 Å². The molecule has 0 unspecified atom stereocenters. The van der Waals surface area contributed by atoms with Gasteiger partial charge in [-0.3, -0.25) is 4.79 Å². The minimum atomic E-state index is -0.763. The molecule has 1 aromatic rings. The van der Waals surface area contributed by atoms with Gasteiger partial charge >= 0.3 is 6.09 Å². The summed E-state index contributed by atoms with van der Waals surface area (Å²) >= 11 is 3.19. The van der Waals surface area contributed by atoms with Crippen LogP contribution in [0.1, 0.15) is 32.8 Å². The molecule has 0 spiro atoms. The number of hydrogen-bond acceptors (Lipinski definition) is 3. The summed E-state index contributed by atoms with van der Waals surface area (Å²) in [4.78, 5) is 24.0. The number of ether oxygens (including phenoxy) is 1. The fourth-order valence-corrected chi connectivity index (χ4v) is 2.63. The standard InChI is InChI=1S/C15H18BrFN2O3/c1-15(2,3)22-14(21)19-11-5-4-9-10(17)6-8(16)7-12(9)18-13(11)20/h6-7,11H,4-5H2,1-3H3,(H,18,20)(H,19,21)/t11-/m0/s1. The summed E-state index contributed by atoms with van der Waals surface area (Å²) in [6.45, 7) is 5.22. The van der Waals surface area contributed by atoms with Crippen LogP contribution in [0.2, 0.25) is 0 Å². The van der Waals surface area contributed by atoms with Crippen LogP contribution in [-0.4, -0.2) is 23.6 Å². The zero-order chi connectivity index (χ0) is 16.5. The molecule has 1 aromatic carbocycles. The third kappa shape index (κ3) is 4.19. The van der Waals surface area contributed by atoms with E-state index in [2.05, 4.69) is 26.6 Å². The summed E-state index contributed by atoms with van der Waals surface area (Å²) in [6.07, 6.45) is -0.0233. The molecule has 120 valence electrons. The Hall–Kier alpha value is -1.63. The first kappa shape index (κ1) is 16.7. The minimum absolute atomic E-state index is 0.302. The largest absolute Gasteiger partial charge is 0.444 e. The van der Waals surface area contributed by atoms with Crippen molar-refractivity contribution in [1.29, 1.82) is 0 Å². The van der Waals surface area contributed by atoms with Gasteiger partial charge in [0.1, 0.15) is 17.5 Å². The predicted molar refractivity (Wildman–Crippen MR) is 84.2 cm³/mol. The molecule has 5 nitrogen and oxygen atoms in total. The van der Waals surface area contributed by atoms with Crippen molar-refractivity contribution in [3.8, 4) is 0 Å². The molecule has 0 fully saturated rings. The molecule has 2 N–H and O–H groups in total. The molecule has 2 rings (SSSR count). The Balaban J connectivity index is 2.11. The predicted octanol–water partition coefficient (Wildman–Crippen LogP) is 3.37. The second-order valence-corrected chi connectivity index (χ2v) is 7.06. The maximum Gasteiger partial charge on any atom is 0.408 e. The number of halogens is 2. The Kier molecular flexibility index (Phi) is 4.75. The van der Waals surface area contributed by atoms with Crippen molar-refractivity contribution in [2.24, 2.45) is 0 Å². The Labute approximate surface area is 136 Å². The fourth-order valence-electron chi connectivity index (χ4n) is 2.20. The highest BCUT2D eigenvalue weighted by Gasteiger charge is 2.28. The normalized spacial score (nSPS) is 18.0. The third-order valence-electron chi connectivity index (χ3n) is 3.11. The van der Waals surface area contributed by atoms with E-state index in [0.717, 1.165) is 0 Å². The molecule has 0 saturated carbocycles. The van der Waals surface area contributed by atoms with Crippen LogP contribution in [-0.2, 0) is 16.0 Å². The molecule has 0 saturated heterocycles. The van der Waals surface area contributed by atoms with E-state index in [1.54, 1.807) is 26.8 Å². The number of rotatable bonds is 1.